The molecule has 0 spiro atoms. The number of rotatable bonds is 9. The van der Waals surface area contributed by atoms with E-state index in [1.165, 1.54) is 5.56 Å². The molecule has 5 nitrogen and oxygen atoms in total. The molecular formula is C25H33NO4SSi. The van der Waals surface area contributed by atoms with Gasteiger partial charge in [-0.2, -0.15) is 5.06 Å². The maximum absolute atomic E-state index is 6.36. The monoisotopic (exact) mass is 471 g/mol. The van der Waals surface area contributed by atoms with Gasteiger partial charge in [0.05, 0.1) is 26.4 Å². The highest BCUT2D eigenvalue weighted by Gasteiger charge is 2.41. The zero-order valence-electron chi connectivity index (χ0n) is 19.1. The number of hydrogen-bond donors (Lipinski definition) is 0. The number of thioether (sulfide) groups is 1. The lowest BCUT2D eigenvalue weighted by molar-refractivity contribution is -0.214. The van der Waals surface area contributed by atoms with Gasteiger partial charge in [0, 0.05) is 13.0 Å². The van der Waals surface area contributed by atoms with E-state index in [9.17, 15) is 0 Å². The van der Waals surface area contributed by atoms with Crippen molar-refractivity contribution in [3.05, 3.63) is 78.1 Å². The van der Waals surface area contributed by atoms with Gasteiger partial charge in [-0.3, -0.25) is 4.84 Å². The van der Waals surface area contributed by atoms with Crippen LogP contribution in [0.15, 0.2) is 77.4 Å². The second kappa shape index (κ2) is 11.0. The number of benzene rings is 2. The fourth-order valence-corrected chi connectivity index (χ4v) is 5.28. The molecule has 0 N–H and O–H groups in total. The van der Waals surface area contributed by atoms with Crippen molar-refractivity contribution in [2.75, 3.05) is 19.8 Å². The van der Waals surface area contributed by atoms with Crippen LogP contribution in [0.1, 0.15) is 5.56 Å². The summed E-state index contributed by atoms with van der Waals surface area (Å²) in [6, 6.07) is 21.5. The van der Waals surface area contributed by atoms with E-state index in [-0.39, 0.29) is 17.8 Å². The molecule has 1 unspecified atom stereocenters. The summed E-state index contributed by atoms with van der Waals surface area (Å²) >= 11 is 1.59. The van der Waals surface area contributed by atoms with Crippen molar-refractivity contribution in [3.8, 4) is 0 Å². The van der Waals surface area contributed by atoms with Crippen LogP contribution >= 0.6 is 11.8 Å². The highest BCUT2D eigenvalue weighted by atomic mass is 32.2. The van der Waals surface area contributed by atoms with Crippen LogP contribution < -0.4 is 0 Å². The van der Waals surface area contributed by atoms with Crippen molar-refractivity contribution in [2.45, 2.75) is 54.9 Å². The molecule has 2 aliphatic rings. The first kappa shape index (κ1) is 23.5. The number of hydrogen-bond acceptors (Lipinski definition) is 6. The number of ether oxygens (including phenoxy) is 3. The Hall–Kier alpha value is -1.61. The van der Waals surface area contributed by atoms with E-state index >= 15 is 0 Å². The molecule has 1 fully saturated rings. The summed E-state index contributed by atoms with van der Waals surface area (Å²) in [6.07, 6.45) is 1.88. The third-order valence-electron chi connectivity index (χ3n) is 5.44. The molecule has 7 heteroatoms. The van der Waals surface area contributed by atoms with Crippen LogP contribution in [0.4, 0.5) is 0 Å². The summed E-state index contributed by atoms with van der Waals surface area (Å²) in [5.74, 6) is 0.935. The molecule has 1 saturated heterocycles. The molecule has 2 aromatic rings. The topological polar surface area (TPSA) is 40.2 Å². The second-order valence-electron chi connectivity index (χ2n) is 9.29. The Morgan fingerprint density at radius 3 is 2.47 bits per heavy atom. The van der Waals surface area contributed by atoms with E-state index in [1.807, 2.05) is 29.3 Å². The van der Waals surface area contributed by atoms with E-state index in [4.69, 9.17) is 19.0 Å². The zero-order chi connectivity index (χ0) is 22.4. The maximum Gasteiger partial charge on any atom is 0.212 e. The van der Waals surface area contributed by atoms with Crippen molar-refractivity contribution < 1.29 is 19.0 Å². The zero-order valence-corrected chi connectivity index (χ0v) is 20.9. The molecule has 0 bridgehead atoms. The van der Waals surface area contributed by atoms with Crippen molar-refractivity contribution in [2.24, 2.45) is 0 Å². The molecule has 0 saturated carbocycles. The van der Waals surface area contributed by atoms with E-state index in [2.05, 4.69) is 62.1 Å². The molecule has 0 aromatic heterocycles. The lowest BCUT2D eigenvalue weighted by Gasteiger charge is -2.37. The third-order valence-corrected chi connectivity index (χ3v) is 8.13. The summed E-state index contributed by atoms with van der Waals surface area (Å²) in [6.45, 7) is 9.50. The van der Waals surface area contributed by atoms with Crippen LogP contribution in [-0.2, 0) is 25.6 Å². The van der Waals surface area contributed by atoms with Gasteiger partial charge in [-0.15, -0.1) is 0 Å². The van der Waals surface area contributed by atoms with Gasteiger partial charge in [0.2, 0.25) is 5.62 Å². The Morgan fingerprint density at radius 2 is 1.75 bits per heavy atom. The molecule has 172 valence electrons. The van der Waals surface area contributed by atoms with E-state index in [0.717, 1.165) is 23.3 Å². The fraction of sp³-hybridized carbons (Fsp3) is 0.440. The van der Waals surface area contributed by atoms with Gasteiger partial charge >= 0.3 is 0 Å². The Bertz CT molecular complexity index is 875. The smallest absolute Gasteiger partial charge is 0.212 e. The molecule has 0 aliphatic carbocycles. The fourth-order valence-electron chi connectivity index (χ4n) is 3.69. The maximum atomic E-state index is 6.36. The summed E-state index contributed by atoms with van der Waals surface area (Å²) in [5.41, 5.74) is 0.848. The van der Waals surface area contributed by atoms with Crippen molar-refractivity contribution >= 4 is 19.8 Å². The predicted octanol–water partition coefficient (Wildman–Crippen LogP) is 5.53. The number of hydroxylamine groups is 2. The second-order valence-corrected chi connectivity index (χ2v) is 16.0. The van der Waals surface area contributed by atoms with Crippen LogP contribution in [0.2, 0.25) is 25.7 Å². The number of nitrogens with zero attached hydrogens (tertiary/aromatic N) is 1. The molecular weight excluding hydrogens is 438 g/mol. The highest BCUT2D eigenvalue weighted by molar-refractivity contribution is 7.99. The van der Waals surface area contributed by atoms with Crippen LogP contribution in [0.3, 0.4) is 0 Å². The minimum atomic E-state index is -1.18. The normalized spacial score (nSPS) is 24.3. The molecule has 2 aliphatic heterocycles. The minimum Gasteiger partial charge on any atom is -0.497 e. The van der Waals surface area contributed by atoms with Crippen molar-refractivity contribution in [3.63, 3.8) is 0 Å². The minimum absolute atomic E-state index is 0.146. The molecule has 32 heavy (non-hydrogen) atoms. The quantitative estimate of drug-likeness (QED) is 0.448. The molecule has 2 heterocycles. The van der Waals surface area contributed by atoms with E-state index in [0.29, 0.717) is 19.8 Å². The third kappa shape index (κ3) is 6.70. The summed E-state index contributed by atoms with van der Waals surface area (Å²) in [5, 5.41) is 2.00. The summed E-state index contributed by atoms with van der Waals surface area (Å²) < 4.78 is 18.7. The lowest BCUT2D eigenvalue weighted by atomic mass is 10.1. The van der Waals surface area contributed by atoms with Gasteiger partial charge in [0.1, 0.15) is 17.9 Å². The first-order valence-electron chi connectivity index (χ1n) is 11.2. The van der Waals surface area contributed by atoms with Crippen LogP contribution in [0.25, 0.3) is 0 Å². The summed E-state index contributed by atoms with van der Waals surface area (Å²) in [7, 11) is -1.18. The first-order chi connectivity index (χ1) is 15.5. The average Bonchev–Trinajstić information content (AvgIpc) is 3.22. The molecule has 0 amide bonds. The van der Waals surface area contributed by atoms with E-state index < -0.39 is 8.07 Å². The van der Waals surface area contributed by atoms with Crippen LogP contribution in [-0.4, -0.2) is 50.7 Å². The Kier molecular flexibility index (Phi) is 8.10. The average molecular weight is 472 g/mol. The Balaban J connectivity index is 1.47. The van der Waals surface area contributed by atoms with Crippen molar-refractivity contribution in [1.29, 1.82) is 0 Å². The Labute approximate surface area is 196 Å². The van der Waals surface area contributed by atoms with Gasteiger partial charge in [-0.25, -0.2) is 0 Å². The SMILES string of the molecule is C[Si](C)(C)CCOC1=CCON(Cc2ccccc2)[C@@H]1[C@H]1COC(Sc2ccccc2)O1. The van der Waals surface area contributed by atoms with Gasteiger partial charge in [0.25, 0.3) is 0 Å². The van der Waals surface area contributed by atoms with Crippen LogP contribution in [0.5, 0.6) is 0 Å². The Morgan fingerprint density at radius 1 is 1.03 bits per heavy atom. The standard InChI is InChI=1S/C25H33NO4SSi/c1-32(2,3)17-16-27-22-14-15-29-26(18-20-10-6-4-7-11-20)24(22)23-19-28-25(30-23)31-21-12-8-5-9-13-21/h4-14,23-25H,15-19H2,1-3H3/t23-,24+,25?/m1/s1. The molecule has 3 atom stereocenters. The van der Waals surface area contributed by atoms with Gasteiger partial charge in [-0.05, 0) is 29.8 Å². The predicted molar refractivity (Wildman–Crippen MR) is 131 cm³/mol. The molecule has 4 rings (SSSR count). The van der Waals surface area contributed by atoms with Gasteiger partial charge in [-0.1, -0.05) is 79.9 Å². The largest absolute Gasteiger partial charge is 0.497 e. The highest BCUT2D eigenvalue weighted by Crippen LogP contribution is 2.34. The van der Waals surface area contributed by atoms with Crippen LogP contribution in [0, 0.1) is 0 Å². The van der Waals surface area contributed by atoms with Crippen molar-refractivity contribution in [1.82, 2.24) is 5.06 Å². The lowest BCUT2D eigenvalue weighted by Crippen LogP contribution is -2.48. The summed E-state index contributed by atoms with van der Waals surface area (Å²) in [4.78, 5) is 7.21. The first-order valence-corrected chi connectivity index (χ1v) is 15.8. The van der Waals surface area contributed by atoms with Gasteiger partial charge < -0.3 is 14.2 Å². The van der Waals surface area contributed by atoms with Gasteiger partial charge in [0.15, 0.2) is 0 Å². The molecule has 0 radical (unpaired) electrons. The molecule has 2 aromatic carbocycles. The van der Waals surface area contributed by atoms with E-state index in [1.54, 1.807) is 11.8 Å².